The number of anilines is 1. The molecule has 1 amide bonds. The first-order chi connectivity index (χ1) is 20.3. The standard InChI is InChI=1S/C34H45ClN2O4S/c1-3-5-23-16-27(35)12-14-28(23)26-19-37-18-25-10-13-29(25)31(38)7-4-6-21(2)33(22-8-9-22)42(40)36-34(39)24-11-15-32(41-20-26)30(37)17-24/h4,7,11-12,15-17,21-22,25-26,28-29,31,33,38H,3,5-6,8-10,13-14,18-20H2,1-2H3,(H,36,39)/b7-4+/t21?,25?,26?,28?,29-,31?,33?,42?/m1/s1. The molecule has 3 aliphatic carbocycles. The van der Waals surface area contributed by atoms with Crippen molar-refractivity contribution in [1.29, 1.82) is 0 Å². The molecular formula is C34H45ClN2O4S. The summed E-state index contributed by atoms with van der Waals surface area (Å²) in [5.74, 6) is 2.18. The van der Waals surface area contributed by atoms with E-state index in [1.54, 1.807) is 6.07 Å². The van der Waals surface area contributed by atoms with Gasteiger partial charge >= 0.3 is 0 Å². The molecule has 8 heteroatoms. The Morgan fingerprint density at radius 1 is 1.12 bits per heavy atom. The molecule has 2 aliphatic heterocycles. The third-order valence-corrected chi connectivity index (χ3v) is 12.2. The average Bonchev–Trinajstić information content (AvgIpc) is 3.78. The van der Waals surface area contributed by atoms with Crippen LogP contribution in [0.2, 0.25) is 0 Å². The van der Waals surface area contributed by atoms with Crippen LogP contribution in [-0.4, -0.2) is 46.3 Å². The Hall–Kier alpha value is -2.09. The Labute approximate surface area is 258 Å². The van der Waals surface area contributed by atoms with Gasteiger partial charge in [0.15, 0.2) is 0 Å². The minimum atomic E-state index is -1.49. The summed E-state index contributed by atoms with van der Waals surface area (Å²) < 4.78 is 22.8. The molecule has 0 aromatic heterocycles. The fourth-order valence-corrected chi connectivity index (χ4v) is 9.43. The minimum absolute atomic E-state index is 0.0927. The van der Waals surface area contributed by atoms with E-state index in [9.17, 15) is 14.1 Å². The second-order valence-electron chi connectivity index (χ2n) is 13.2. The predicted octanol–water partition coefficient (Wildman–Crippen LogP) is 6.53. The highest BCUT2D eigenvalue weighted by Crippen LogP contribution is 2.44. The normalized spacial score (nSPS) is 36.3. The lowest BCUT2D eigenvalue weighted by molar-refractivity contribution is 0.0457. The number of hydrogen-bond acceptors (Lipinski definition) is 5. The number of halogens is 1. The molecular weight excluding hydrogens is 568 g/mol. The number of nitrogens with zero attached hydrogens (tertiary/aromatic N) is 1. The summed E-state index contributed by atoms with van der Waals surface area (Å²) in [5.41, 5.74) is 2.81. The Balaban J connectivity index is 1.33. The van der Waals surface area contributed by atoms with Crippen LogP contribution in [0.5, 0.6) is 5.75 Å². The van der Waals surface area contributed by atoms with Crippen molar-refractivity contribution in [2.45, 2.75) is 76.6 Å². The lowest BCUT2D eigenvalue weighted by Crippen LogP contribution is -2.45. The van der Waals surface area contributed by atoms with Crippen molar-refractivity contribution in [2.24, 2.45) is 35.5 Å². The monoisotopic (exact) mass is 612 g/mol. The maximum absolute atomic E-state index is 13.5. The van der Waals surface area contributed by atoms with Gasteiger partial charge in [-0.3, -0.25) is 9.52 Å². The maximum Gasteiger partial charge on any atom is 0.263 e. The summed E-state index contributed by atoms with van der Waals surface area (Å²) in [4.78, 5) is 15.9. The van der Waals surface area contributed by atoms with Crippen molar-refractivity contribution in [3.8, 4) is 5.75 Å². The van der Waals surface area contributed by atoms with Gasteiger partial charge in [-0.25, -0.2) is 4.21 Å². The number of fused-ring (bicyclic) bond motifs is 2. The summed E-state index contributed by atoms with van der Waals surface area (Å²) >= 11 is 6.44. The third kappa shape index (κ3) is 6.39. The van der Waals surface area contributed by atoms with Gasteiger partial charge in [0.25, 0.3) is 5.91 Å². The molecule has 6 rings (SSSR count). The first-order valence-electron chi connectivity index (χ1n) is 16.0. The molecule has 1 aromatic carbocycles. The SMILES string of the molecule is CCCC1=CC(Cl)=CCC1C1COc2ccc3cc2N(C1)CC1CC[C@H]1C(O)/C=C/CC(C)C(C1CC1)S(=O)NC3=O. The van der Waals surface area contributed by atoms with Gasteiger partial charge in [-0.15, -0.1) is 0 Å². The molecule has 7 unspecified atom stereocenters. The van der Waals surface area contributed by atoms with E-state index in [0.717, 1.165) is 80.9 Å². The van der Waals surface area contributed by atoms with Gasteiger partial charge in [-0.1, -0.05) is 55.7 Å². The van der Waals surface area contributed by atoms with Crippen LogP contribution in [0.1, 0.15) is 75.6 Å². The fourth-order valence-electron chi connectivity index (χ4n) is 7.61. The first-order valence-corrected chi connectivity index (χ1v) is 17.6. The number of carbonyl (C=O) groups excluding carboxylic acids is 1. The molecule has 0 radical (unpaired) electrons. The molecule has 6 nitrogen and oxygen atoms in total. The van der Waals surface area contributed by atoms with Crippen LogP contribution in [0, 0.1) is 35.5 Å². The number of benzene rings is 1. The Bertz CT molecular complexity index is 1290. The van der Waals surface area contributed by atoms with Gasteiger partial charge in [-0.2, -0.15) is 0 Å². The molecule has 2 bridgehead atoms. The van der Waals surface area contributed by atoms with E-state index >= 15 is 0 Å². The van der Waals surface area contributed by atoms with Gasteiger partial charge in [-0.05, 0) is 98.8 Å². The third-order valence-electron chi connectivity index (χ3n) is 10.2. The number of nitrogens with one attached hydrogen (secondary N) is 1. The molecule has 2 saturated carbocycles. The molecule has 42 heavy (non-hydrogen) atoms. The van der Waals surface area contributed by atoms with Crippen LogP contribution in [0.15, 0.2) is 53.1 Å². The smallest absolute Gasteiger partial charge is 0.263 e. The molecule has 2 fully saturated rings. The van der Waals surface area contributed by atoms with Crippen molar-refractivity contribution >= 4 is 34.2 Å². The first kappa shape index (κ1) is 30.0. The van der Waals surface area contributed by atoms with Gasteiger partial charge in [0.2, 0.25) is 0 Å². The van der Waals surface area contributed by atoms with Gasteiger partial charge < -0.3 is 14.7 Å². The number of hydrogen-bond donors (Lipinski definition) is 2. The lowest BCUT2D eigenvalue weighted by atomic mass is 9.70. The van der Waals surface area contributed by atoms with E-state index in [1.807, 2.05) is 18.2 Å². The number of aliphatic hydroxyl groups excluding tert-OH is 1. The number of carbonyl (C=O) groups is 1. The zero-order chi connectivity index (χ0) is 29.4. The molecule has 2 heterocycles. The highest BCUT2D eigenvalue weighted by Gasteiger charge is 2.41. The quantitative estimate of drug-likeness (QED) is 0.378. The average molecular weight is 613 g/mol. The van der Waals surface area contributed by atoms with Gasteiger partial charge in [0, 0.05) is 29.6 Å². The van der Waals surface area contributed by atoms with Crippen molar-refractivity contribution in [3.05, 3.63) is 58.7 Å². The second kappa shape index (κ2) is 12.9. The molecule has 8 atom stereocenters. The van der Waals surface area contributed by atoms with Crippen molar-refractivity contribution < 1.29 is 18.8 Å². The van der Waals surface area contributed by atoms with Crippen LogP contribution < -0.4 is 14.4 Å². The van der Waals surface area contributed by atoms with Gasteiger partial charge in [0.1, 0.15) is 16.7 Å². The zero-order valence-corrected chi connectivity index (χ0v) is 26.4. The van der Waals surface area contributed by atoms with Crippen LogP contribution in [0.4, 0.5) is 5.69 Å². The highest BCUT2D eigenvalue weighted by atomic mass is 35.5. The van der Waals surface area contributed by atoms with Crippen molar-refractivity contribution in [1.82, 2.24) is 4.72 Å². The van der Waals surface area contributed by atoms with E-state index in [0.29, 0.717) is 29.9 Å². The van der Waals surface area contributed by atoms with E-state index in [1.165, 1.54) is 5.57 Å². The summed E-state index contributed by atoms with van der Waals surface area (Å²) in [6.07, 6.45) is 15.8. The highest BCUT2D eigenvalue weighted by molar-refractivity contribution is 7.84. The summed E-state index contributed by atoms with van der Waals surface area (Å²) in [6.45, 7) is 6.52. The summed E-state index contributed by atoms with van der Waals surface area (Å²) in [7, 11) is -1.49. The van der Waals surface area contributed by atoms with E-state index in [2.05, 4.69) is 41.7 Å². The lowest BCUT2D eigenvalue weighted by Gasteiger charge is -2.43. The van der Waals surface area contributed by atoms with Crippen LogP contribution in [0.3, 0.4) is 0 Å². The fraction of sp³-hybridized carbons (Fsp3) is 0.618. The van der Waals surface area contributed by atoms with Crippen LogP contribution in [-0.2, 0) is 11.0 Å². The number of rotatable bonds is 4. The predicted molar refractivity (Wildman–Crippen MR) is 170 cm³/mol. The van der Waals surface area contributed by atoms with Crippen LogP contribution in [0.25, 0.3) is 0 Å². The molecule has 5 aliphatic rings. The van der Waals surface area contributed by atoms with E-state index < -0.39 is 17.1 Å². The topological polar surface area (TPSA) is 78.9 Å². The van der Waals surface area contributed by atoms with Gasteiger partial charge in [0.05, 0.1) is 23.6 Å². The largest absolute Gasteiger partial charge is 0.491 e. The van der Waals surface area contributed by atoms with Crippen molar-refractivity contribution in [3.63, 3.8) is 0 Å². The molecule has 2 N–H and O–H groups in total. The zero-order valence-electron chi connectivity index (χ0n) is 24.8. The number of ether oxygens (including phenoxy) is 1. The summed E-state index contributed by atoms with van der Waals surface area (Å²) in [6, 6.07) is 5.63. The Morgan fingerprint density at radius 3 is 2.64 bits per heavy atom. The Morgan fingerprint density at radius 2 is 1.90 bits per heavy atom. The maximum atomic E-state index is 13.5. The Kier molecular flexibility index (Phi) is 9.18. The molecule has 0 saturated heterocycles. The van der Waals surface area contributed by atoms with E-state index in [4.69, 9.17) is 16.3 Å². The molecule has 1 aromatic rings. The minimum Gasteiger partial charge on any atom is -0.491 e. The molecule has 0 spiro atoms. The number of allylic oxidation sites excluding steroid dienone is 5. The number of amides is 1. The van der Waals surface area contributed by atoms with Crippen molar-refractivity contribution in [2.75, 3.05) is 24.6 Å². The number of aliphatic hydroxyl groups is 1. The van der Waals surface area contributed by atoms with Crippen LogP contribution >= 0.6 is 11.6 Å². The van der Waals surface area contributed by atoms with E-state index in [-0.39, 0.29) is 28.9 Å². The summed E-state index contributed by atoms with van der Waals surface area (Å²) in [5, 5.41) is 11.9. The molecule has 228 valence electrons. The second-order valence-corrected chi connectivity index (χ2v) is 15.0.